The van der Waals surface area contributed by atoms with Gasteiger partial charge in [0, 0.05) is 12.1 Å². The van der Waals surface area contributed by atoms with Crippen LogP contribution >= 0.6 is 22.6 Å². The highest BCUT2D eigenvalue weighted by atomic mass is 127. The quantitative estimate of drug-likeness (QED) is 0.508. The second-order valence-electron chi connectivity index (χ2n) is 3.22. The molecule has 0 bridgehead atoms. The number of hydrogen-bond acceptors (Lipinski definition) is 4. The zero-order chi connectivity index (χ0) is 13.0. The summed E-state index contributed by atoms with van der Waals surface area (Å²) in [5, 5.41) is 0. The number of halogens is 3. The molecule has 0 aliphatic heterocycles. The number of nitrogens with two attached hydrogens (primary N) is 1. The second kappa shape index (κ2) is 6.20. The molecule has 0 aliphatic rings. The maximum Gasteiger partial charge on any atom is 0.310 e. The molecular weight excluding hydrogens is 345 g/mol. The minimum Gasteiger partial charge on any atom is -0.469 e. The van der Waals surface area contributed by atoms with Crippen molar-refractivity contribution in [3.63, 3.8) is 0 Å². The summed E-state index contributed by atoms with van der Waals surface area (Å²) in [6.45, 7) is 0.00287. The van der Waals surface area contributed by atoms with Crippen molar-refractivity contribution in [1.82, 2.24) is 4.98 Å². The van der Waals surface area contributed by atoms with Gasteiger partial charge < -0.3 is 10.5 Å². The summed E-state index contributed by atoms with van der Waals surface area (Å²) >= 11 is 1.83. The Morgan fingerprint density at radius 3 is 2.76 bits per heavy atom. The molecule has 0 fully saturated rings. The lowest BCUT2D eigenvalue weighted by Gasteiger charge is -2.12. The molecule has 0 saturated carbocycles. The van der Waals surface area contributed by atoms with Crippen molar-refractivity contribution in [2.45, 2.75) is 19.4 Å². The van der Waals surface area contributed by atoms with Gasteiger partial charge in [0.15, 0.2) is 0 Å². The molecule has 0 amide bonds. The number of alkyl halides is 2. The van der Waals surface area contributed by atoms with Crippen molar-refractivity contribution >= 4 is 28.6 Å². The van der Waals surface area contributed by atoms with Crippen molar-refractivity contribution in [2.24, 2.45) is 5.73 Å². The molecule has 94 valence electrons. The minimum atomic E-state index is -2.67. The van der Waals surface area contributed by atoms with Gasteiger partial charge in [-0.3, -0.25) is 4.79 Å². The molecule has 0 aliphatic carbocycles. The van der Waals surface area contributed by atoms with Crippen molar-refractivity contribution in [2.75, 3.05) is 7.11 Å². The Morgan fingerprint density at radius 2 is 2.29 bits per heavy atom. The number of pyridine rings is 1. The second-order valence-corrected chi connectivity index (χ2v) is 4.32. The van der Waals surface area contributed by atoms with E-state index in [9.17, 15) is 13.6 Å². The van der Waals surface area contributed by atoms with E-state index in [4.69, 9.17) is 5.73 Å². The molecule has 0 radical (unpaired) electrons. The molecule has 0 unspecified atom stereocenters. The third kappa shape index (κ3) is 3.56. The van der Waals surface area contributed by atoms with Crippen LogP contribution in [-0.2, 0) is 22.5 Å². The van der Waals surface area contributed by atoms with E-state index in [0.29, 0.717) is 9.39 Å². The average Bonchev–Trinajstić information content (AvgIpc) is 2.30. The van der Waals surface area contributed by atoms with E-state index in [1.54, 1.807) is 0 Å². The maximum absolute atomic E-state index is 12.9. The monoisotopic (exact) mass is 356 g/mol. The molecule has 4 nitrogen and oxygen atoms in total. The SMILES string of the molecule is COC(=O)Cc1c(C(F)F)cc(I)nc1CN. The van der Waals surface area contributed by atoms with Gasteiger partial charge in [0.25, 0.3) is 6.43 Å². The van der Waals surface area contributed by atoms with E-state index >= 15 is 0 Å². The Morgan fingerprint density at radius 1 is 1.65 bits per heavy atom. The van der Waals surface area contributed by atoms with Crippen LogP contribution in [0.5, 0.6) is 0 Å². The molecule has 1 heterocycles. The van der Waals surface area contributed by atoms with Crippen LogP contribution in [0.25, 0.3) is 0 Å². The van der Waals surface area contributed by atoms with Crippen LogP contribution in [0.2, 0.25) is 0 Å². The first-order chi connectivity index (χ1) is 7.99. The molecule has 1 aromatic heterocycles. The minimum absolute atomic E-state index is 0.00287. The Balaban J connectivity index is 3.26. The molecule has 2 N–H and O–H groups in total. The van der Waals surface area contributed by atoms with Crippen molar-refractivity contribution in [3.05, 3.63) is 26.6 Å². The van der Waals surface area contributed by atoms with Gasteiger partial charge in [0.2, 0.25) is 0 Å². The number of hydrogen-bond donors (Lipinski definition) is 1. The molecule has 0 aromatic carbocycles. The molecule has 1 aromatic rings. The van der Waals surface area contributed by atoms with Crippen LogP contribution in [-0.4, -0.2) is 18.1 Å². The van der Waals surface area contributed by atoms with E-state index in [1.807, 2.05) is 22.6 Å². The lowest BCUT2D eigenvalue weighted by atomic mass is 10.0. The van der Waals surface area contributed by atoms with Crippen LogP contribution < -0.4 is 5.73 Å². The molecule has 0 saturated heterocycles. The molecule has 7 heteroatoms. The number of aromatic nitrogens is 1. The molecule has 0 spiro atoms. The van der Waals surface area contributed by atoms with Crippen LogP contribution in [0.1, 0.15) is 23.2 Å². The van der Waals surface area contributed by atoms with Gasteiger partial charge in [-0.15, -0.1) is 0 Å². The first kappa shape index (κ1) is 14.2. The van der Waals surface area contributed by atoms with Gasteiger partial charge in [-0.05, 0) is 34.2 Å². The zero-order valence-electron chi connectivity index (χ0n) is 9.04. The van der Waals surface area contributed by atoms with Crippen LogP contribution in [0.3, 0.4) is 0 Å². The summed E-state index contributed by atoms with van der Waals surface area (Å²) in [7, 11) is 1.20. The highest BCUT2D eigenvalue weighted by molar-refractivity contribution is 14.1. The van der Waals surface area contributed by atoms with E-state index in [1.165, 1.54) is 13.2 Å². The van der Waals surface area contributed by atoms with Crippen molar-refractivity contribution in [1.29, 1.82) is 0 Å². The number of methoxy groups -OCH3 is 1. The van der Waals surface area contributed by atoms with Gasteiger partial charge in [0.1, 0.15) is 3.70 Å². The number of esters is 1. The average molecular weight is 356 g/mol. The predicted octanol–water partition coefficient (Wildman–Crippen LogP) is 1.80. The number of carbonyl (C=O) groups excluding carboxylic acids is 1. The largest absolute Gasteiger partial charge is 0.469 e. The Labute approximate surface area is 111 Å². The molecule has 17 heavy (non-hydrogen) atoms. The molecular formula is C10H11F2IN2O2. The van der Waals surface area contributed by atoms with E-state index in [0.717, 1.165) is 0 Å². The summed E-state index contributed by atoms with van der Waals surface area (Å²) in [5.74, 6) is -0.593. The number of ether oxygens (including phenoxy) is 1. The van der Waals surface area contributed by atoms with Crippen LogP contribution in [0.15, 0.2) is 6.07 Å². The standard InChI is InChI=1S/C10H11F2IN2O2/c1-17-9(16)3-5-6(10(11)12)2-8(13)15-7(5)4-14/h2,10H,3-4,14H2,1H3. The number of rotatable bonds is 4. The van der Waals surface area contributed by atoms with E-state index in [-0.39, 0.29) is 24.1 Å². The highest BCUT2D eigenvalue weighted by Gasteiger charge is 2.20. The lowest BCUT2D eigenvalue weighted by Crippen LogP contribution is -2.14. The van der Waals surface area contributed by atoms with Gasteiger partial charge >= 0.3 is 5.97 Å². The Hall–Kier alpha value is -0.830. The predicted molar refractivity (Wildman–Crippen MR) is 65.5 cm³/mol. The fourth-order valence-corrected chi connectivity index (χ4v) is 2.02. The summed E-state index contributed by atoms with van der Waals surface area (Å²) in [5.41, 5.74) is 5.70. The molecule has 1 rings (SSSR count). The van der Waals surface area contributed by atoms with Gasteiger partial charge in [-0.1, -0.05) is 0 Å². The van der Waals surface area contributed by atoms with Crippen molar-refractivity contribution < 1.29 is 18.3 Å². The third-order valence-electron chi connectivity index (χ3n) is 2.19. The van der Waals surface area contributed by atoms with Crippen molar-refractivity contribution in [3.8, 4) is 0 Å². The Bertz CT molecular complexity index is 427. The van der Waals surface area contributed by atoms with Gasteiger partial charge in [-0.2, -0.15) is 0 Å². The summed E-state index contributed by atoms with van der Waals surface area (Å²) < 4.78 is 30.6. The number of carbonyl (C=O) groups is 1. The zero-order valence-corrected chi connectivity index (χ0v) is 11.2. The third-order valence-corrected chi connectivity index (χ3v) is 2.74. The number of nitrogens with zero attached hydrogens (tertiary/aromatic N) is 1. The summed E-state index contributed by atoms with van der Waals surface area (Å²) in [6.07, 6.45) is -2.91. The first-order valence-corrected chi connectivity index (χ1v) is 5.80. The van der Waals surface area contributed by atoms with E-state index < -0.39 is 12.4 Å². The Kier molecular flexibility index (Phi) is 5.19. The van der Waals surface area contributed by atoms with Crippen LogP contribution in [0, 0.1) is 3.70 Å². The smallest absolute Gasteiger partial charge is 0.310 e. The summed E-state index contributed by atoms with van der Waals surface area (Å²) in [4.78, 5) is 15.2. The summed E-state index contributed by atoms with van der Waals surface area (Å²) in [6, 6.07) is 1.25. The lowest BCUT2D eigenvalue weighted by molar-refractivity contribution is -0.139. The molecule has 0 atom stereocenters. The van der Waals surface area contributed by atoms with Gasteiger partial charge in [-0.25, -0.2) is 13.8 Å². The van der Waals surface area contributed by atoms with Gasteiger partial charge in [0.05, 0.1) is 19.2 Å². The normalized spacial score (nSPS) is 10.7. The van der Waals surface area contributed by atoms with Crippen LogP contribution in [0.4, 0.5) is 8.78 Å². The topological polar surface area (TPSA) is 65.2 Å². The fraction of sp³-hybridized carbons (Fsp3) is 0.400. The van der Waals surface area contributed by atoms with E-state index in [2.05, 4.69) is 9.72 Å². The highest BCUT2D eigenvalue weighted by Crippen LogP contribution is 2.26. The fourth-order valence-electron chi connectivity index (χ4n) is 1.39. The first-order valence-electron chi connectivity index (χ1n) is 4.72. The maximum atomic E-state index is 12.9.